The minimum atomic E-state index is -4.01. The summed E-state index contributed by atoms with van der Waals surface area (Å²) in [4.78, 5) is 21.0. The van der Waals surface area contributed by atoms with Crippen LogP contribution < -0.4 is 0 Å². The molecule has 1 heterocycles. The third kappa shape index (κ3) is 4.64. The van der Waals surface area contributed by atoms with E-state index in [4.69, 9.17) is 21.4 Å². The van der Waals surface area contributed by atoms with Crippen LogP contribution in [0.4, 0.5) is 0 Å². The molecule has 2 N–H and O–H groups in total. The Kier molecular flexibility index (Phi) is 3.76. The highest BCUT2D eigenvalue weighted by Gasteiger charge is 2.13. The highest BCUT2D eigenvalue weighted by atomic mass is 35.5. The summed E-state index contributed by atoms with van der Waals surface area (Å²) in [5.74, 6) is 0.158. The topological polar surface area (TPSA) is 70.4 Å². The Morgan fingerprint density at radius 1 is 1.62 bits per heavy atom. The van der Waals surface area contributed by atoms with Crippen molar-refractivity contribution in [3.63, 3.8) is 0 Å². The van der Waals surface area contributed by atoms with Gasteiger partial charge in [-0.3, -0.25) is 4.98 Å². The Balaban J connectivity index is 2.60. The smallest absolute Gasteiger partial charge is 0.317 e. The van der Waals surface area contributed by atoms with Gasteiger partial charge in [0.2, 0.25) is 0 Å². The molecule has 0 saturated carbocycles. The van der Waals surface area contributed by atoms with Gasteiger partial charge in [-0.2, -0.15) is 0 Å². The first kappa shape index (κ1) is 11.0. The molecule has 0 unspecified atom stereocenters. The van der Waals surface area contributed by atoms with Crippen molar-refractivity contribution in [1.82, 2.24) is 4.98 Å². The van der Waals surface area contributed by atoms with Crippen molar-refractivity contribution >= 4 is 29.8 Å². The molecule has 0 radical (unpaired) electrons. The Morgan fingerprint density at radius 3 is 2.85 bits per heavy atom. The lowest BCUT2D eigenvalue weighted by Crippen LogP contribution is -1.85. The summed E-state index contributed by atoms with van der Waals surface area (Å²) in [6.07, 6.45) is 1.50. The van der Waals surface area contributed by atoms with Gasteiger partial charge in [-0.25, -0.2) is 4.57 Å². The van der Waals surface area contributed by atoms with E-state index in [1.807, 2.05) is 0 Å². The first-order chi connectivity index (χ1) is 5.97. The molecule has 0 bridgehead atoms. The summed E-state index contributed by atoms with van der Waals surface area (Å²) in [6.45, 7) is -4.01. The van der Waals surface area contributed by atoms with Gasteiger partial charge in [0.15, 0.2) is 0 Å². The van der Waals surface area contributed by atoms with Crippen molar-refractivity contribution in [1.29, 1.82) is 0 Å². The van der Waals surface area contributed by atoms with Crippen molar-refractivity contribution in [2.75, 3.05) is 0 Å². The summed E-state index contributed by atoms with van der Waals surface area (Å²) >= 11 is 6.19. The minimum Gasteiger partial charge on any atom is -0.317 e. The molecule has 1 rings (SSSR count). The van der Waals surface area contributed by atoms with E-state index < -0.39 is 6.80 Å². The van der Waals surface area contributed by atoms with Gasteiger partial charge in [0, 0.05) is 17.0 Å². The molecule has 1 aromatic rings. The fraction of sp³-hybridized carbons (Fsp3) is 0.167. The second kappa shape index (κ2) is 4.44. The van der Waals surface area contributed by atoms with Crippen molar-refractivity contribution in [2.45, 2.75) is 5.75 Å². The fourth-order valence-corrected chi connectivity index (χ4v) is 2.22. The van der Waals surface area contributed by atoms with E-state index >= 15 is 0 Å². The van der Waals surface area contributed by atoms with Gasteiger partial charge >= 0.3 is 6.80 Å². The van der Waals surface area contributed by atoms with Gasteiger partial charge in [0.25, 0.3) is 0 Å². The molecule has 0 spiro atoms. The maximum atomic E-state index is 10.5. The van der Waals surface area contributed by atoms with E-state index in [0.717, 1.165) is 0 Å². The number of halogens is 1. The fourth-order valence-electron chi connectivity index (χ4n) is 0.678. The zero-order chi connectivity index (χ0) is 9.90. The van der Waals surface area contributed by atoms with Gasteiger partial charge in [0.1, 0.15) is 0 Å². The van der Waals surface area contributed by atoms with Gasteiger partial charge < -0.3 is 9.79 Å². The van der Waals surface area contributed by atoms with E-state index in [2.05, 4.69) is 4.98 Å². The molecule has 0 fully saturated rings. The van der Waals surface area contributed by atoms with Gasteiger partial charge in [0.05, 0.1) is 5.69 Å². The summed E-state index contributed by atoms with van der Waals surface area (Å²) in [5.41, 5.74) is 0.556. The number of rotatable bonds is 3. The Hall–Kier alpha value is -0.0600. The third-order valence-electron chi connectivity index (χ3n) is 1.16. The second-order valence-corrected chi connectivity index (χ2v) is 6.40. The van der Waals surface area contributed by atoms with E-state index in [-0.39, 0.29) is 5.75 Å². The first-order valence-electron chi connectivity index (χ1n) is 3.28. The second-order valence-electron chi connectivity index (χ2n) is 2.23. The predicted octanol–water partition coefficient (Wildman–Crippen LogP) is 2.06. The van der Waals surface area contributed by atoms with Crippen LogP contribution in [-0.2, 0) is 10.3 Å². The maximum absolute atomic E-state index is 10.5. The molecule has 0 aliphatic heterocycles. The van der Waals surface area contributed by atoms with Crippen LogP contribution in [0.3, 0.4) is 0 Å². The van der Waals surface area contributed by atoms with Gasteiger partial charge in [-0.05, 0) is 23.5 Å². The molecule has 0 aliphatic rings. The Labute approximate surface area is 84.2 Å². The first-order valence-corrected chi connectivity index (χ1v) is 6.86. The molecule has 1 aromatic heterocycles. The summed E-state index contributed by atoms with van der Waals surface area (Å²) in [5, 5.41) is 0.510. The van der Waals surface area contributed by atoms with Gasteiger partial charge in [-0.15, -0.1) is 0 Å². The number of pyridine rings is 1. The van der Waals surface area contributed by atoms with Crippen LogP contribution in [0.5, 0.6) is 0 Å². The summed E-state index contributed by atoms with van der Waals surface area (Å²) in [7, 11) is 0. The van der Waals surface area contributed by atoms with Crippen LogP contribution in [0.2, 0.25) is 5.02 Å². The Bertz CT molecular complexity index is 342. The molecule has 13 heavy (non-hydrogen) atoms. The highest BCUT2D eigenvalue weighted by molar-refractivity contribution is 8.54. The lowest BCUT2D eigenvalue weighted by Gasteiger charge is -2.02. The molecule has 0 atom stereocenters. The van der Waals surface area contributed by atoms with Crippen molar-refractivity contribution in [2.24, 2.45) is 0 Å². The maximum Gasteiger partial charge on any atom is 0.384 e. The summed E-state index contributed by atoms with van der Waals surface area (Å²) in [6, 6.07) is 3.18. The molecule has 7 heteroatoms. The normalized spacial score (nSPS) is 11.6. The molecule has 4 nitrogen and oxygen atoms in total. The zero-order valence-electron chi connectivity index (χ0n) is 6.42. The van der Waals surface area contributed by atoms with Crippen LogP contribution in [0.15, 0.2) is 18.3 Å². The van der Waals surface area contributed by atoms with E-state index in [1.165, 1.54) is 6.20 Å². The van der Waals surface area contributed by atoms with Crippen LogP contribution in [-0.4, -0.2) is 14.8 Å². The van der Waals surface area contributed by atoms with Crippen LogP contribution >= 0.6 is 29.8 Å². The van der Waals surface area contributed by atoms with Gasteiger partial charge in [-0.1, -0.05) is 11.6 Å². The largest absolute Gasteiger partial charge is 0.384 e. The van der Waals surface area contributed by atoms with Crippen LogP contribution in [0.25, 0.3) is 0 Å². The number of aromatic nitrogens is 1. The summed E-state index contributed by atoms with van der Waals surface area (Å²) < 4.78 is 10.5. The van der Waals surface area contributed by atoms with Crippen molar-refractivity contribution < 1.29 is 14.4 Å². The van der Waals surface area contributed by atoms with Crippen LogP contribution in [0.1, 0.15) is 5.69 Å². The van der Waals surface area contributed by atoms with Crippen molar-refractivity contribution in [3.05, 3.63) is 29.0 Å². The SMILES string of the molecule is O=P(O)(O)SCc1cc(Cl)ccn1. The lowest BCUT2D eigenvalue weighted by molar-refractivity contribution is 0.397. The standard InChI is InChI=1S/C6H7ClNO3PS/c7-5-1-2-8-6(3-5)4-13-12(9,10)11/h1-3H,4H2,(H2,9,10,11). The Morgan fingerprint density at radius 2 is 2.31 bits per heavy atom. The molecule has 72 valence electrons. The molecular weight excluding hydrogens is 233 g/mol. The molecule has 0 aliphatic carbocycles. The third-order valence-corrected chi connectivity index (χ3v) is 3.55. The molecule has 0 aromatic carbocycles. The minimum absolute atomic E-state index is 0.158. The number of hydrogen-bond acceptors (Lipinski definition) is 3. The monoisotopic (exact) mass is 239 g/mol. The van der Waals surface area contributed by atoms with Crippen molar-refractivity contribution in [3.8, 4) is 0 Å². The lowest BCUT2D eigenvalue weighted by atomic mass is 10.4. The quantitative estimate of drug-likeness (QED) is 0.790. The number of nitrogens with zero attached hydrogens (tertiary/aromatic N) is 1. The number of hydrogen-bond donors (Lipinski definition) is 2. The zero-order valence-corrected chi connectivity index (χ0v) is 8.89. The molecular formula is C6H7ClNO3PS. The predicted molar refractivity (Wildman–Crippen MR) is 52.6 cm³/mol. The van der Waals surface area contributed by atoms with E-state index in [9.17, 15) is 4.57 Å². The average Bonchev–Trinajstić information content (AvgIpc) is 2.00. The molecule has 0 saturated heterocycles. The van der Waals surface area contributed by atoms with E-state index in [0.29, 0.717) is 22.1 Å². The highest BCUT2D eigenvalue weighted by Crippen LogP contribution is 2.51. The van der Waals surface area contributed by atoms with E-state index in [1.54, 1.807) is 12.1 Å². The molecule has 0 amide bonds. The van der Waals surface area contributed by atoms with Crippen LogP contribution in [0, 0.1) is 0 Å². The average molecular weight is 240 g/mol.